The van der Waals surface area contributed by atoms with E-state index in [0.29, 0.717) is 24.0 Å². The molecule has 0 aliphatic carbocycles. The zero-order valence-corrected chi connectivity index (χ0v) is 11.4. The van der Waals surface area contributed by atoms with Crippen LogP contribution < -0.4 is 5.32 Å². The molecule has 2 rings (SSSR count). The highest BCUT2D eigenvalue weighted by Crippen LogP contribution is 2.36. The van der Waals surface area contributed by atoms with Gasteiger partial charge in [-0.05, 0) is 38.2 Å². The Bertz CT molecular complexity index is 653. The number of aryl methyl sites for hydroxylation is 1. The Kier molecular flexibility index (Phi) is 4.22. The molecule has 7 heteroatoms. The number of benzene rings is 1. The third kappa shape index (κ3) is 3.55. The molecule has 1 aromatic heterocycles. The Morgan fingerprint density at radius 2 is 1.86 bits per heavy atom. The molecule has 0 bridgehead atoms. The summed E-state index contributed by atoms with van der Waals surface area (Å²) in [5.74, 6) is -0.898. The fraction of sp³-hybridized carbons (Fsp3) is 0.286. The van der Waals surface area contributed by atoms with Gasteiger partial charge >= 0.3 is 6.18 Å². The highest BCUT2D eigenvalue weighted by molar-refractivity contribution is 5.61. The number of aromatic nitrogens is 2. The van der Waals surface area contributed by atoms with E-state index in [2.05, 4.69) is 15.3 Å². The number of alkyl halides is 3. The van der Waals surface area contributed by atoms with Crippen molar-refractivity contribution in [3.63, 3.8) is 0 Å². The molecular formula is C14H13F4N3. The van der Waals surface area contributed by atoms with Crippen molar-refractivity contribution < 1.29 is 17.6 Å². The molecule has 0 amide bonds. The van der Waals surface area contributed by atoms with Gasteiger partial charge in [0, 0.05) is 17.8 Å². The summed E-state index contributed by atoms with van der Waals surface area (Å²) in [4.78, 5) is 8.06. The normalized spacial score (nSPS) is 11.7. The van der Waals surface area contributed by atoms with E-state index in [9.17, 15) is 17.6 Å². The molecule has 0 spiro atoms. The second-order valence-corrected chi connectivity index (χ2v) is 4.54. The summed E-state index contributed by atoms with van der Waals surface area (Å²) in [6.45, 7) is 2.03. The molecule has 0 fully saturated rings. The van der Waals surface area contributed by atoms with E-state index in [-0.39, 0.29) is 11.4 Å². The first-order valence-corrected chi connectivity index (χ1v) is 6.17. The average Bonchev–Trinajstić information content (AvgIpc) is 2.36. The van der Waals surface area contributed by atoms with E-state index < -0.39 is 17.6 Å². The second kappa shape index (κ2) is 5.77. The van der Waals surface area contributed by atoms with Gasteiger partial charge in [-0.1, -0.05) is 0 Å². The molecule has 0 saturated carbocycles. The summed E-state index contributed by atoms with van der Waals surface area (Å²) >= 11 is 0. The third-order valence-corrected chi connectivity index (χ3v) is 2.79. The summed E-state index contributed by atoms with van der Waals surface area (Å²) in [5.41, 5.74) is -0.256. The summed E-state index contributed by atoms with van der Waals surface area (Å²) in [6, 6.07) is 3.94. The van der Waals surface area contributed by atoms with Crippen LogP contribution in [-0.2, 0) is 12.7 Å². The Balaban J connectivity index is 2.63. The summed E-state index contributed by atoms with van der Waals surface area (Å²) in [7, 11) is 1.69. The van der Waals surface area contributed by atoms with Crippen LogP contribution in [0.25, 0.3) is 11.4 Å². The summed E-state index contributed by atoms with van der Waals surface area (Å²) in [5, 5.41) is 2.86. The van der Waals surface area contributed by atoms with Gasteiger partial charge < -0.3 is 5.32 Å². The van der Waals surface area contributed by atoms with Crippen molar-refractivity contribution in [3.05, 3.63) is 47.0 Å². The van der Waals surface area contributed by atoms with Gasteiger partial charge in [0.2, 0.25) is 0 Å². The topological polar surface area (TPSA) is 37.8 Å². The molecule has 2 aromatic rings. The number of hydrogen-bond donors (Lipinski definition) is 1. The number of hydrogen-bond acceptors (Lipinski definition) is 3. The average molecular weight is 299 g/mol. The number of nitrogens with zero attached hydrogens (tertiary/aromatic N) is 2. The van der Waals surface area contributed by atoms with Crippen LogP contribution in [0.5, 0.6) is 0 Å². The van der Waals surface area contributed by atoms with Gasteiger partial charge in [0.05, 0.1) is 11.3 Å². The zero-order valence-electron chi connectivity index (χ0n) is 11.4. The minimum atomic E-state index is -4.60. The molecule has 3 nitrogen and oxygen atoms in total. The molecule has 1 heterocycles. The van der Waals surface area contributed by atoms with Gasteiger partial charge in [-0.3, -0.25) is 0 Å². The summed E-state index contributed by atoms with van der Waals surface area (Å²) in [6.07, 6.45) is -4.60. The van der Waals surface area contributed by atoms with E-state index in [1.807, 2.05) is 0 Å². The van der Waals surface area contributed by atoms with E-state index in [1.54, 1.807) is 20.0 Å². The minimum absolute atomic E-state index is 0.132. The van der Waals surface area contributed by atoms with Crippen molar-refractivity contribution in [3.8, 4) is 11.4 Å². The van der Waals surface area contributed by atoms with Crippen LogP contribution in [0.4, 0.5) is 17.6 Å². The Hall–Kier alpha value is -2.02. The van der Waals surface area contributed by atoms with Crippen LogP contribution in [-0.4, -0.2) is 17.0 Å². The van der Waals surface area contributed by atoms with Crippen LogP contribution >= 0.6 is 0 Å². The fourth-order valence-electron chi connectivity index (χ4n) is 1.97. The van der Waals surface area contributed by atoms with Gasteiger partial charge in [-0.25, -0.2) is 14.4 Å². The first kappa shape index (κ1) is 15.4. The van der Waals surface area contributed by atoms with Crippen molar-refractivity contribution in [1.82, 2.24) is 15.3 Å². The molecule has 21 heavy (non-hydrogen) atoms. The SMILES string of the molecule is CNCc1cc(C)nc(-c2cc(F)ccc2C(F)(F)F)n1. The fourth-order valence-corrected chi connectivity index (χ4v) is 1.97. The molecule has 0 aliphatic rings. The van der Waals surface area contributed by atoms with Crippen molar-refractivity contribution in [2.75, 3.05) is 7.05 Å². The first-order chi connectivity index (χ1) is 9.81. The maximum Gasteiger partial charge on any atom is 0.417 e. The summed E-state index contributed by atoms with van der Waals surface area (Å²) < 4.78 is 52.4. The van der Waals surface area contributed by atoms with Crippen molar-refractivity contribution in [1.29, 1.82) is 0 Å². The maximum absolute atomic E-state index is 13.3. The van der Waals surface area contributed by atoms with E-state index in [1.165, 1.54) is 0 Å². The highest BCUT2D eigenvalue weighted by atomic mass is 19.4. The van der Waals surface area contributed by atoms with Crippen molar-refractivity contribution >= 4 is 0 Å². The van der Waals surface area contributed by atoms with Crippen LogP contribution in [0, 0.1) is 12.7 Å². The Labute approximate surface area is 119 Å². The molecule has 1 N–H and O–H groups in total. The quantitative estimate of drug-likeness (QED) is 0.883. The molecule has 1 aromatic carbocycles. The van der Waals surface area contributed by atoms with Gasteiger partial charge in [0.1, 0.15) is 5.82 Å². The lowest BCUT2D eigenvalue weighted by Crippen LogP contribution is -2.11. The number of nitrogens with one attached hydrogen (secondary N) is 1. The lowest BCUT2D eigenvalue weighted by Gasteiger charge is -2.13. The molecule has 0 unspecified atom stereocenters. The number of halogens is 4. The Morgan fingerprint density at radius 3 is 2.48 bits per heavy atom. The van der Waals surface area contributed by atoms with Gasteiger partial charge in [0.15, 0.2) is 5.82 Å². The minimum Gasteiger partial charge on any atom is -0.314 e. The number of rotatable bonds is 3. The van der Waals surface area contributed by atoms with E-state index in [4.69, 9.17) is 0 Å². The van der Waals surface area contributed by atoms with Gasteiger partial charge in [-0.2, -0.15) is 13.2 Å². The molecule has 112 valence electrons. The highest BCUT2D eigenvalue weighted by Gasteiger charge is 2.34. The van der Waals surface area contributed by atoms with E-state index >= 15 is 0 Å². The lowest BCUT2D eigenvalue weighted by molar-refractivity contribution is -0.137. The van der Waals surface area contributed by atoms with Crippen molar-refractivity contribution in [2.45, 2.75) is 19.6 Å². The molecule has 0 radical (unpaired) electrons. The lowest BCUT2D eigenvalue weighted by atomic mass is 10.1. The molecule has 0 aliphatic heterocycles. The third-order valence-electron chi connectivity index (χ3n) is 2.79. The Morgan fingerprint density at radius 1 is 1.14 bits per heavy atom. The van der Waals surface area contributed by atoms with Crippen LogP contribution in [0.15, 0.2) is 24.3 Å². The second-order valence-electron chi connectivity index (χ2n) is 4.54. The predicted octanol–water partition coefficient (Wildman–Crippen LogP) is 3.33. The largest absolute Gasteiger partial charge is 0.417 e. The molecular weight excluding hydrogens is 286 g/mol. The maximum atomic E-state index is 13.3. The van der Waals surface area contributed by atoms with Crippen LogP contribution in [0.1, 0.15) is 17.0 Å². The van der Waals surface area contributed by atoms with E-state index in [0.717, 1.165) is 12.1 Å². The zero-order chi connectivity index (χ0) is 15.6. The predicted molar refractivity (Wildman–Crippen MR) is 69.9 cm³/mol. The van der Waals surface area contributed by atoms with Crippen LogP contribution in [0.3, 0.4) is 0 Å². The van der Waals surface area contributed by atoms with Crippen molar-refractivity contribution in [2.24, 2.45) is 0 Å². The van der Waals surface area contributed by atoms with Crippen LogP contribution in [0.2, 0.25) is 0 Å². The van der Waals surface area contributed by atoms with Gasteiger partial charge in [-0.15, -0.1) is 0 Å². The standard InChI is InChI=1S/C14H13F4N3/c1-8-5-10(7-19-2)21-13(20-8)11-6-9(15)3-4-12(11)14(16,17)18/h3-6,19H,7H2,1-2H3. The molecule has 0 saturated heterocycles. The van der Waals surface area contributed by atoms with Gasteiger partial charge in [0.25, 0.3) is 0 Å². The first-order valence-electron chi connectivity index (χ1n) is 6.17. The monoisotopic (exact) mass is 299 g/mol. The molecule has 0 atom stereocenters. The smallest absolute Gasteiger partial charge is 0.314 e.